The quantitative estimate of drug-likeness (QED) is 0.422. The number of carbonyl (C=O) groups is 2. The maximum Gasteiger partial charge on any atom is 0.346 e. The van der Waals surface area contributed by atoms with Crippen LogP contribution in [0.4, 0.5) is 0 Å². The van der Waals surface area contributed by atoms with Crippen LogP contribution in [0.2, 0.25) is 0 Å². The molecule has 0 spiro atoms. The van der Waals surface area contributed by atoms with E-state index in [1.54, 1.807) is 26.0 Å². The molecule has 0 saturated carbocycles. The normalized spacial score (nSPS) is 18.7. The summed E-state index contributed by atoms with van der Waals surface area (Å²) in [5.41, 5.74) is 0.917. The number of benzene rings is 1. The Morgan fingerprint density at radius 2 is 1.95 bits per heavy atom. The van der Waals surface area contributed by atoms with Crippen molar-refractivity contribution in [1.29, 1.82) is 0 Å². The standard InChI is InChI=1S/C14H14Br2O5S/c1-14(2)20-11-6(9(15)10(16)12(17)18)4-5-7(22-3)8(11)13(19)21-14/h4-5,9-10H,1-3H3,(H,17,18). The predicted molar refractivity (Wildman–Crippen MR) is 90.4 cm³/mol. The zero-order valence-corrected chi connectivity index (χ0v) is 16.0. The highest BCUT2D eigenvalue weighted by atomic mass is 79.9. The lowest BCUT2D eigenvalue weighted by Crippen LogP contribution is -2.40. The topological polar surface area (TPSA) is 72.8 Å². The fourth-order valence-corrected chi connectivity index (χ4v) is 3.55. The van der Waals surface area contributed by atoms with Crippen LogP contribution in [0.1, 0.15) is 34.6 Å². The molecule has 0 fully saturated rings. The Bertz CT molecular complexity index is 632. The third kappa shape index (κ3) is 3.28. The lowest BCUT2D eigenvalue weighted by molar-refractivity contribution is -0.136. The number of aliphatic carboxylic acids is 1. The number of alkyl halides is 2. The van der Waals surface area contributed by atoms with E-state index in [0.29, 0.717) is 16.9 Å². The summed E-state index contributed by atoms with van der Waals surface area (Å²) in [6, 6.07) is 3.52. The molecule has 0 radical (unpaired) electrons. The van der Waals surface area contributed by atoms with E-state index in [0.717, 1.165) is 4.90 Å². The van der Waals surface area contributed by atoms with Crippen molar-refractivity contribution in [3.63, 3.8) is 0 Å². The molecule has 5 nitrogen and oxygen atoms in total. The van der Waals surface area contributed by atoms with Crippen LogP contribution in [0.5, 0.6) is 5.75 Å². The summed E-state index contributed by atoms with van der Waals surface area (Å²) >= 11 is 7.89. The SMILES string of the molecule is CSc1ccc(C(Br)C(Br)C(=O)O)c2c1C(=O)OC(C)(C)O2. The summed E-state index contributed by atoms with van der Waals surface area (Å²) in [7, 11) is 0. The Morgan fingerprint density at radius 3 is 2.50 bits per heavy atom. The van der Waals surface area contributed by atoms with Gasteiger partial charge in [0.25, 0.3) is 0 Å². The van der Waals surface area contributed by atoms with Crippen molar-refractivity contribution in [2.75, 3.05) is 6.26 Å². The van der Waals surface area contributed by atoms with Crippen LogP contribution < -0.4 is 4.74 Å². The number of ether oxygens (including phenoxy) is 2. The van der Waals surface area contributed by atoms with Gasteiger partial charge in [-0.2, -0.15) is 0 Å². The molecule has 2 atom stereocenters. The lowest BCUT2D eigenvalue weighted by Gasteiger charge is -2.34. The molecule has 2 rings (SSSR count). The molecule has 1 heterocycles. The second-order valence-electron chi connectivity index (χ2n) is 5.09. The zero-order valence-electron chi connectivity index (χ0n) is 12.1. The van der Waals surface area contributed by atoms with Gasteiger partial charge in [-0.1, -0.05) is 37.9 Å². The van der Waals surface area contributed by atoms with E-state index < -0.39 is 27.4 Å². The number of hydrogen-bond acceptors (Lipinski definition) is 5. The molecule has 0 aromatic heterocycles. The Balaban J connectivity index is 2.61. The van der Waals surface area contributed by atoms with E-state index in [4.69, 9.17) is 14.6 Å². The minimum absolute atomic E-state index is 0.332. The summed E-state index contributed by atoms with van der Waals surface area (Å²) in [6.45, 7) is 3.27. The van der Waals surface area contributed by atoms with Crippen LogP contribution in [-0.4, -0.2) is 33.9 Å². The molecule has 22 heavy (non-hydrogen) atoms. The minimum atomic E-state index is -1.10. The Morgan fingerprint density at radius 1 is 1.32 bits per heavy atom. The zero-order chi connectivity index (χ0) is 16.7. The maximum absolute atomic E-state index is 12.3. The summed E-state index contributed by atoms with van der Waals surface area (Å²) in [4.78, 5) is 22.8. The number of carbonyl (C=O) groups excluding carboxylic acids is 1. The number of esters is 1. The van der Waals surface area contributed by atoms with Crippen molar-refractivity contribution in [3.8, 4) is 5.75 Å². The van der Waals surface area contributed by atoms with Gasteiger partial charge in [-0.15, -0.1) is 11.8 Å². The number of cyclic esters (lactones) is 1. The summed E-state index contributed by atoms with van der Waals surface area (Å²) in [5, 5.41) is 9.16. The summed E-state index contributed by atoms with van der Waals surface area (Å²) in [5.74, 6) is -2.23. The average molecular weight is 454 g/mol. The first kappa shape index (κ1) is 17.6. The van der Waals surface area contributed by atoms with E-state index in [1.165, 1.54) is 11.8 Å². The summed E-state index contributed by atoms with van der Waals surface area (Å²) < 4.78 is 11.1. The smallest absolute Gasteiger partial charge is 0.346 e. The van der Waals surface area contributed by atoms with Gasteiger partial charge in [0.1, 0.15) is 16.1 Å². The van der Waals surface area contributed by atoms with Crippen molar-refractivity contribution < 1.29 is 24.2 Å². The van der Waals surface area contributed by atoms with E-state index in [1.807, 2.05) is 6.26 Å². The first-order chi connectivity index (χ1) is 10.2. The Hall–Kier alpha value is -0.730. The molecule has 1 aliphatic heterocycles. The second kappa shape index (κ2) is 6.41. The van der Waals surface area contributed by atoms with Crippen LogP contribution >= 0.6 is 43.6 Å². The largest absolute Gasteiger partial charge is 0.480 e. The highest BCUT2D eigenvalue weighted by molar-refractivity contribution is 9.12. The van der Waals surface area contributed by atoms with Gasteiger partial charge in [0, 0.05) is 24.3 Å². The summed E-state index contributed by atoms with van der Waals surface area (Å²) in [6.07, 6.45) is 1.85. The van der Waals surface area contributed by atoms with Gasteiger partial charge in [-0.05, 0) is 12.3 Å². The number of hydrogen-bond donors (Lipinski definition) is 1. The number of thioether (sulfide) groups is 1. The van der Waals surface area contributed by atoms with Crippen LogP contribution in [0.25, 0.3) is 0 Å². The molecular weight excluding hydrogens is 440 g/mol. The molecule has 0 aliphatic carbocycles. The number of halogens is 2. The molecule has 8 heteroatoms. The van der Waals surface area contributed by atoms with E-state index >= 15 is 0 Å². The molecule has 1 N–H and O–H groups in total. The average Bonchev–Trinajstić information content (AvgIpc) is 2.43. The van der Waals surface area contributed by atoms with E-state index in [2.05, 4.69) is 31.9 Å². The third-order valence-electron chi connectivity index (χ3n) is 3.05. The van der Waals surface area contributed by atoms with Crippen LogP contribution in [-0.2, 0) is 9.53 Å². The van der Waals surface area contributed by atoms with Crippen LogP contribution in [0.3, 0.4) is 0 Å². The van der Waals surface area contributed by atoms with Crippen molar-refractivity contribution in [1.82, 2.24) is 0 Å². The first-order valence-electron chi connectivity index (χ1n) is 6.32. The Kier molecular flexibility index (Phi) is 5.13. The van der Waals surface area contributed by atoms with Gasteiger partial charge < -0.3 is 14.6 Å². The predicted octanol–water partition coefficient (Wildman–Crippen LogP) is 3.98. The van der Waals surface area contributed by atoms with Gasteiger partial charge in [-0.25, -0.2) is 4.79 Å². The monoisotopic (exact) mass is 452 g/mol. The van der Waals surface area contributed by atoms with E-state index in [-0.39, 0.29) is 0 Å². The van der Waals surface area contributed by atoms with Crippen LogP contribution in [0.15, 0.2) is 17.0 Å². The third-order valence-corrected chi connectivity index (χ3v) is 6.48. The Labute approximate surface area is 149 Å². The highest BCUT2D eigenvalue weighted by Gasteiger charge is 2.39. The van der Waals surface area contributed by atoms with Gasteiger partial charge in [0.05, 0.1) is 4.83 Å². The molecule has 120 valence electrons. The molecule has 1 aromatic rings. The van der Waals surface area contributed by atoms with Crippen molar-refractivity contribution in [2.24, 2.45) is 0 Å². The molecule has 1 aliphatic rings. The number of carboxylic acid groups (broad SMARTS) is 1. The molecule has 1 aromatic carbocycles. The fourth-order valence-electron chi connectivity index (χ4n) is 2.09. The van der Waals surface area contributed by atoms with Gasteiger partial charge in [-0.3, -0.25) is 4.79 Å². The van der Waals surface area contributed by atoms with Crippen molar-refractivity contribution in [3.05, 3.63) is 23.3 Å². The number of fused-ring (bicyclic) bond motifs is 1. The first-order valence-corrected chi connectivity index (χ1v) is 9.37. The molecule has 0 bridgehead atoms. The molecule has 2 unspecified atom stereocenters. The fraction of sp³-hybridized carbons (Fsp3) is 0.429. The molecule has 0 amide bonds. The highest BCUT2D eigenvalue weighted by Crippen LogP contribution is 2.45. The number of carboxylic acids is 1. The van der Waals surface area contributed by atoms with Gasteiger partial charge >= 0.3 is 11.9 Å². The van der Waals surface area contributed by atoms with Crippen molar-refractivity contribution in [2.45, 2.75) is 34.2 Å². The number of rotatable bonds is 4. The van der Waals surface area contributed by atoms with Crippen molar-refractivity contribution >= 4 is 55.6 Å². The second-order valence-corrected chi connectivity index (χ2v) is 7.92. The minimum Gasteiger partial charge on any atom is -0.480 e. The molecule has 0 saturated heterocycles. The van der Waals surface area contributed by atoms with Gasteiger partial charge in [0.15, 0.2) is 0 Å². The lowest BCUT2D eigenvalue weighted by atomic mass is 10.0. The maximum atomic E-state index is 12.3. The molecular formula is C14H14Br2O5S. The van der Waals surface area contributed by atoms with Crippen LogP contribution in [0, 0.1) is 0 Å². The van der Waals surface area contributed by atoms with Gasteiger partial charge in [0.2, 0.25) is 5.79 Å². The van der Waals surface area contributed by atoms with E-state index in [9.17, 15) is 9.59 Å².